The van der Waals surface area contributed by atoms with Gasteiger partial charge in [-0.2, -0.15) is 0 Å². The summed E-state index contributed by atoms with van der Waals surface area (Å²) in [5.74, 6) is -0.178. The number of hydrogen-bond donors (Lipinski definition) is 2. The minimum atomic E-state index is -0.588. The molecule has 0 saturated heterocycles. The average Bonchev–Trinajstić information content (AvgIpc) is 2.85. The van der Waals surface area contributed by atoms with Crippen molar-refractivity contribution in [3.8, 4) is 0 Å². The molecule has 0 bridgehead atoms. The fraction of sp³-hybridized carbons (Fsp3) is 0.154. The molecular formula is C13H12BrN3O3S. The van der Waals surface area contributed by atoms with E-state index < -0.39 is 6.09 Å². The van der Waals surface area contributed by atoms with Crippen LogP contribution in [0.3, 0.4) is 0 Å². The highest BCUT2D eigenvalue weighted by Gasteiger charge is 2.10. The van der Waals surface area contributed by atoms with Crippen molar-refractivity contribution in [1.29, 1.82) is 0 Å². The van der Waals surface area contributed by atoms with Crippen LogP contribution in [0.4, 0.5) is 15.6 Å². The van der Waals surface area contributed by atoms with Gasteiger partial charge in [-0.1, -0.05) is 22.0 Å². The summed E-state index contributed by atoms with van der Waals surface area (Å²) in [6, 6.07) is 7.32. The van der Waals surface area contributed by atoms with E-state index in [2.05, 4.69) is 36.3 Å². The molecule has 0 aliphatic heterocycles. The van der Waals surface area contributed by atoms with Gasteiger partial charge in [-0.05, 0) is 18.2 Å². The summed E-state index contributed by atoms with van der Waals surface area (Å²) in [4.78, 5) is 27.1. The van der Waals surface area contributed by atoms with Gasteiger partial charge in [0.2, 0.25) is 5.91 Å². The molecule has 0 spiro atoms. The van der Waals surface area contributed by atoms with E-state index in [0.717, 1.165) is 4.47 Å². The minimum absolute atomic E-state index is 0.131. The number of nitrogens with zero attached hydrogens (tertiary/aromatic N) is 1. The van der Waals surface area contributed by atoms with Gasteiger partial charge in [0.25, 0.3) is 0 Å². The van der Waals surface area contributed by atoms with Crippen molar-refractivity contribution in [3.05, 3.63) is 39.8 Å². The van der Waals surface area contributed by atoms with Crippen LogP contribution in [0.25, 0.3) is 0 Å². The first-order valence-corrected chi connectivity index (χ1v) is 7.59. The standard InChI is InChI=1S/C13H12BrN3O3S/c1-20-13(19)17-12-16-10(7-21-12)6-11(18)15-9-4-2-3-8(14)5-9/h2-5,7H,6H2,1H3,(H,15,18)(H,16,17,19). The van der Waals surface area contributed by atoms with E-state index in [1.165, 1.54) is 18.4 Å². The van der Waals surface area contributed by atoms with E-state index in [4.69, 9.17) is 0 Å². The number of carbonyl (C=O) groups is 2. The average molecular weight is 370 g/mol. The number of hydrogen-bond acceptors (Lipinski definition) is 5. The second-order valence-corrected chi connectivity index (χ2v) is 5.77. The number of rotatable bonds is 4. The summed E-state index contributed by atoms with van der Waals surface area (Å²) in [7, 11) is 1.27. The van der Waals surface area contributed by atoms with Crippen molar-refractivity contribution in [3.63, 3.8) is 0 Å². The number of thiazole rings is 1. The van der Waals surface area contributed by atoms with Crippen molar-refractivity contribution >= 4 is 50.1 Å². The molecule has 0 fully saturated rings. The number of nitrogens with one attached hydrogen (secondary N) is 2. The zero-order chi connectivity index (χ0) is 15.2. The van der Waals surface area contributed by atoms with Crippen LogP contribution in [0.5, 0.6) is 0 Å². The Morgan fingerprint density at radius 2 is 2.19 bits per heavy atom. The van der Waals surface area contributed by atoms with Gasteiger partial charge in [0.05, 0.1) is 19.2 Å². The lowest BCUT2D eigenvalue weighted by Crippen LogP contribution is -2.15. The van der Waals surface area contributed by atoms with E-state index in [0.29, 0.717) is 16.5 Å². The third-order valence-electron chi connectivity index (χ3n) is 2.40. The van der Waals surface area contributed by atoms with Gasteiger partial charge >= 0.3 is 6.09 Å². The molecule has 0 aliphatic carbocycles. The van der Waals surface area contributed by atoms with E-state index in [9.17, 15) is 9.59 Å². The first kappa shape index (κ1) is 15.5. The summed E-state index contributed by atoms with van der Waals surface area (Å²) in [5.41, 5.74) is 1.29. The predicted molar refractivity (Wildman–Crippen MR) is 84.6 cm³/mol. The van der Waals surface area contributed by atoms with Gasteiger partial charge in [0.1, 0.15) is 0 Å². The lowest BCUT2D eigenvalue weighted by Gasteiger charge is -2.04. The Kier molecular flexibility index (Phi) is 5.29. The number of ether oxygens (including phenoxy) is 1. The molecule has 0 unspecified atom stereocenters. The molecule has 1 aromatic heterocycles. The van der Waals surface area contributed by atoms with Crippen LogP contribution in [0.15, 0.2) is 34.1 Å². The summed E-state index contributed by atoms with van der Waals surface area (Å²) in [6.45, 7) is 0. The van der Waals surface area contributed by atoms with Crippen LogP contribution in [0.2, 0.25) is 0 Å². The molecule has 2 N–H and O–H groups in total. The van der Waals surface area contributed by atoms with Gasteiger partial charge in [-0.25, -0.2) is 9.78 Å². The maximum absolute atomic E-state index is 11.9. The maximum Gasteiger partial charge on any atom is 0.413 e. The van der Waals surface area contributed by atoms with Crippen LogP contribution >= 0.6 is 27.3 Å². The van der Waals surface area contributed by atoms with Crippen LogP contribution in [-0.4, -0.2) is 24.1 Å². The number of benzene rings is 1. The molecule has 2 aromatic rings. The molecule has 21 heavy (non-hydrogen) atoms. The van der Waals surface area contributed by atoms with Crippen LogP contribution in [0.1, 0.15) is 5.69 Å². The number of halogens is 1. The Hall–Kier alpha value is -1.93. The van der Waals surface area contributed by atoms with Crippen LogP contribution in [-0.2, 0) is 16.0 Å². The molecular weight excluding hydrogens is 358 g/mol. The molecule has 0 atom stereocenters. The highest BCUT2D eigenvalue weighted by Crippen LogP contribution is 2.18. The Bertz CT molecular complexity index is 660. The monoisotopic (exact) mass is 369 g/mol. The Labute approximate surface area is 133 Å². The van der Waals surface area contributed by atoms with Gasteiger partial charge in [0, 0.05) is 15.5 Å². The molecule has 0 radical (unpaired) electrons. The Morgan fingerprint density at radius 3 is 2.90 bits per heavy atom. The first-order chi connectivity index (χ1) is 10.1. The van der Waals surface area contributed by atoms with E-state index >= 15 is 0 Å². The van der Waals surface area contributed by atoms with Crippen molar-refractivity contribution in [2.75, 3.05) is 17.7 Å². The van der Waals surface area contributed by atoms with Crippen LogP contribution in [0, 0.1) is 0 Å². The lowest BCUT2D eigenvalue weighted by atomic mass is 10.3. The Morgan fingerprint density at radius 1 is 1.38 bits per heavy atom. The van der Waals surface area contributed by atoms with Gasteiger partial charge in [-0.3, -0.25) is 10.1 Å². The quantitative estimate of drug-likeness (QED) is 0.866. The summed E-state index contributed by atoms with van der Waals surface area (Å²) in [5, 5.41) is 7.34. The molecule has 1 heterocycles. The van der Waals surface area contributed by atoms with Gasteiger partial charge in [-0.15, -0.1) is 11.3 Å². The molecule has 0 aliphatic rings. The highest BCUT2D eigenvalue weighted by atomic mass is 79.9. The molecule has 2 amide bonds. The molecule has 0 saturated carbocycles. The van der Waals surface area contributed by atoms with Crippen molar-refractivity contribution in [1.82, 2.24) is 4.98 Å². The topological polar surface area (TPSA) is 80.3 Å². The zero-order valence-electron chi connectivity index (χ0n) is 11.1. The number of methoxy groups -OCH3 is 1. The number of carbonyl (C=O) groups excluding carboxylic acids is 2. The summed E-state index contributed by atoms with van der Waals surface area (Å²) < 4.78 is 5.36. The zero-order valence-corrected chi connectivity index (χ0v) is 13.5. The molecule has 2 rings (SSSR count). The third-order valence-corrected chi connectivity index (χ3v) is 3.70. The largest absolute Gasteiger partial charge is 0.453 e. The fourth-order valence-electron chi connectivity index (χ4n) is 1.52. The maximum atomic E-state index is 11.9. The molecule has 8 heteroatoms. The lowest BCUT2D eigenvalue weighted by molar-refractivity contribution is -0.115. The number of anilines is 2. The van der Waals surface area contributed by atoms with Gasteiger partial charge in [0.15, 0.2) is 5.13 Å². The molecule has 1 aromatic carbocycles. The summed E-state index contributed by atoms with van der Waals surface area (Å²) >= 11 is 4.57. The van der Waals surface area contributed by atoms with Crippen LogP contribution < -0.4 is 10.6 Å². The number of aromatic nitrogens is 1. The molecule has 6 nitrogen and oxygen atoms in total. The smallest absolute Gasteiger partial charge is 0.413 e. The van der Waals surface area contributed by atoms with Gasteiger partial charge < -0.3 is 10.1 Å². The van der Waals surface area contributed by atoms with E-state index in [1.807, 2.05) is 18.2 Å². The predicted octanol–water partition coefficient (Wildman–Crippen LogP) is 3.27. The van der Waals surface area contributed by atoms with Crippen molar-refractivity contribution < 1.29 is 14.3 Å². The normalized spacial score (nSPS) is 10.0. The number of amides is 2. The third kappa shape index (κ3) is 4.83. The van der Waals surface area contributed by atoms with Crippen molar-refractivity contribution in [2.24, 2.45) is 0 Å². The molecule has 110 valence electrons. The summed E-state index contributed by atoms with van der Waals surface area (Å²) in [6.07, 6.45) is -0.458. The van der Waals surface area contributed by atoms with E-state index in [1.54, 1.807) is 11.4 Å². The highest BCUT2D eigenvalue weighted by molar-refractivity contribution is 9.10. The first-order valence-electron chi connectivity index (χ1n) is 5.91. The Balaban J connectivity index is 1.92. The minimum Gasteiger partial charge on any atom is -0.453 e. The second-order valence-electron chi connectivity index (χ2n) is 4.00. The van der Waals surface area contributed by atoms with E-state index in [-0.39, 0.29) is 12.3 Å². The van der Waals surface area contributed by atoms with Crippen molar-refractivity contribution in [2.45, 2.75) is 6.42 Å². The fourth-order valence-corrected chi connectivity index (χ4v) is 2.61. The SMILES string of the molecule is COC(=O)Nc1nc(CC(=O)Nc2cccc(Br)c2)cs1. The second kappa shape index (κ2) is 7.19.